The third kappa shape index (κ3) is 4.25. The van der Waals surface area contributed by atoms with E-state index >= 15 is 0 Å². The molecule has 0 spiro atoms. The second kappa shape index (κ2) is 8.17. The van der Waals surface area contributed by atoms with Gasteiger partial charge in [0.2, 0.25) is 11.1 Å². The summed E-state index contributed by atoms with van der Waals surface area (Å²) in [4.78, 5) is 12.4. The lowest BCUT2D eigenvalue weighted by Gasteiger charge is -2.13. The fourth-order valence-electron chi connectivity index (χ4n) is 2.33. The van der Waals surface area contributed by atoms with Gasteiger partial charge in [-0.15, -0.1) is 5.10 Å². The van der Waals surface area contributed by atoms with E-state index in [1.54, 1.807) is 39.2 Å². The Morgan fingerprint density at radius 3 is 2.81 bits per heavy atom. The van der Waals surface area contributed by atoms with Crippen molar-refractivity contribution in [2.45, 2.75) is 24.3 Å². The number of amides is 1. The molecule has 3 aromatic rings. The molecular formula is C18H18FN5O2S. The van der Waals surface area contributed by atoms with Gasteiger partial charge in [-0.05, 0) is 54.1 Å². The number of anilines is 1. The van der Waals surface area contributed by atoms with Gasteiger partial charge in [0.25, 0.3) is 0 Å². The molecule has 0 aliphatic heterocycles. The van der Waals surface area contributed by atoms with Gasteiger partial charge >= 0.3 is 0 Å². The van der Waals surface area contributed by atoms with Gasteiger partial charge in [0.15, 0.2) is 0 Å². The quantitative estimate of drug-likeness (QED) is 0.654. The van der Waals surface area contributed by atoms with E-state index in [-0.39, 0.29) is 11.7 Å². The third-order valence-corrected chi connectivity index (χ3v) is 4.88. The highest BCUT2D eigenvalue weighted by Crippen LogP contribution is 2.28. The summed E-state index contributed by atoms with van der Waals surface area (Å²) in [6, 6.07) is 11.9. The fraction of sp³-hybridized carbons (Fsp3) is 0.222. The van der Waals surface area contributed by atoms with Crippen LogP contribution in [0, 0.1) is 12.7 Å². The minimum absolute atomic E-state index is 0.280. The molecule has 0 fully saturated rings. The Labute approximate surface area is 159 Å². The van der Waals surface area contributed by atoms with Crippen LogP contribution in [0.4, 0.5) is 10.1 Å². The molecule has 0 saturated carbocycles. The lowest BCUT2D eigenvalue weighted by Crippen LogP contribution is -2.23. The lowest BCUT2D eigenvalue weighted by atomic mass is 10.2. The standard InChI is InChI=1S/C18H18FN5O2S/c1-11-8-9-13(10-14(11)19)20-17(25)12(2)27-18-21-22-23-24(18)15-6-4-5-7-16(15)26-3/h4-10,12H,1-3H3,(H,20,25). The number of rotatable bonds is 6. The van der Waals surface area contributed by atoms with E-state index in [2.05, 4.69) is 20.8 Å². The van der Waals surface area contributed by atoms with Crippen molar-refractivity contribution < 1.29 is 13.9 Å². The SMILES string of the molecule is COc1ccccc1-n1nnnc1SC(C)C(=O)Nc1ccc(C)c(F)c1. The molecule has 0 aliphatic carbocycles. The van der Waals surface area contributed by atoms with Gasteiger partial charge in [0.1, 0.15) is 17.3 Å². The average Bonchev–Trinajstić information content (AvgIpc) is 3.12. The van der Waals surface area contributed by atoms with Crippen LogP contribution in [-0.4, -0.2) is 38.5 Å². The number of methoxy groups -OCH3 is 1. The Morgan fingerprint density at radius 2 is 2.07 bits per heavy atom. The number of thioether (sulfide) groups is 1. The van der Waals surface area contributed by atoms with Crippen LogP contribution in [0.3, 0.4) is 0 Å². The van der Waals surface area contributed by atoms with E-state index in [4.69, 9.17) is 4.74 Å². The normalized spacial score (nSPS) is 11.9. The predicted molar refractivity (Wildman–Crippen MR) is 101 cm³/mol. The topological polar surface area (TPSA) is 81.9 Å². The molecule has 1 unspecified atom stereocenters. The third-order valence-electron chi connectivity index (χ3n) is 3.85. The molecule has 9 heteroatoms. The number of carbonyl (C=O) groups excluding carboxylic acids is 1. The first kappa shape index (κ1) is 18.8. The zero-order chi connectivity index (χ0) is 19.4. The Balaban J connectivity index is 1.75. The van der Waals surface area contributed by atoms with Crippen LogP contribution in [0.5, 0.6) is 5.75 Å². The molecule has 1 N–H and O–H groups in total. The van der Waals surface area contributed by atoms with Crippen LogP contribution in [0.25, 0.3) is 5.69 Å². The van der Waals surface area contributed by atoms with Gasteiger partial charge in [-0.1, -0.05) is 30.0 Å². The van der Waals surface area contributed by atoms with Crippen molar-refractivity contribution in [2.24, 2.45) is 0 Å². The molecule has 1 aromatic heterocycles. The molecule has 27 heavy (non-hydrogen) atoms. The van der Waals surface area contributed by atoms with Crippen LogP contribution in [0.2, 0.25) is 0 Å². The minimum atomic E-state index is -0.506. The van der Waals surface area contributed by atoms with Crippen molar-refractivity contribution in [2.75, 3.05) is 12.4 Å². The number of para-hydroxylation sites is 2. The van der Waals surface area contributed by atoms with Crippen LogP contribution in [0.1, 0.15) is 12.5 Å². The Hall–Kier alpha value is -2.94. The number of hydrogen-bond donors (Lipinski definition) is 1. The van der Waals surface area contributed by atoms with E-state index in [1.165, 1.54) is 22.5 Å². The van der Waals surface area contributed by atoms with Crippen LogP contribution in [-0.2, 0) is 4.79 Å². The molecule has 1 atom stereocenters. The first-order chi connectivity index (χ1) is 13.0. The maximum Gasteiger partial charge on any atom is 0.237 e. The Bertz CT molecular complexity index is 962. The zero-order valence-electron chi connectivity index (χ0n) is 15.0. The van der Waals surface area contributed by atoms with E-state index in [0.717, 1.165) is 0 Å². The molecule has 0 bridgehead atoms. The summed E-state index contributed by atoms with van der Waals surface area (Å²) in [5.74, 6) is -0.0371. The number of nitrogens with one attached hydrogen (secondary N) is 1. The van der Waals surface area contributed by atoms with Crippen molar-refractivity contribution in [3.8, 4) is 11.4 Å². The minimum Gasteiger partial charge on any atom is -0.494 e. The summed E-state index contributed by atoms with van der Waals surface area (Å²) in [6.07, 6.45) is 0. The molecule has 140 valence electrons. The maximum absolute atomic E-state index is 13.6. The monoisotopic (exact) mass is 387 g/mol. The summed E-state index contributed by atoms with van der Waals surface area (Å²) < 4.78 is 20.5. The Kier molecular flexibility index (Phi) is 5.70. The molecule has 0 radical (unpaired) electrons. The molecule has 3 rings (SSSR count). The number of halogens is 1. The highest BCUT2D eigenvalue weighted by Gasteiger charge is 2.20. The van der Waals surface area contributed by atoms with Crippen LogP contribution < -0.4 is 10.1 Å². The highest BCUT2D eigenvalue weighted by atomic mass is 32.2. The number of tetrazole rings is 1. The molecule has 1 amide bonds. The summed E-state index contributed by atoms with van der Waals surface area (Å²) in [7, 11) is 1.56. The maximum atomic E-state index is 13.6. The number of aryl methyl sites for hydroxylation is 1. The average molecular weight is 387 g/mol. The number of benzene rings is 2. The van der Waals surface area contributed by atoms with Gasteiger partial charge in [0, 0.05) is 5.69 Å². The smallest absolute Gasteiger partial charge is 0.237 e. The number of ether oxygens (including phenoxy) is 1. The zero-order valence-corrected chi connectivity index (χ0v) is 15.8. The first-order valence-corrected chi connectivity index (χ1v) is 9.03. The van der Waals surface area contributed by atoms with Crippen molar-refractivity contribution >= 4 is 23.4 Å². The predicted octanol–water partition coefficient (Wildman–Crippen LogP) is 3.24. The summed E-state index contributed by atoms with van der Waals surface area (Å²) in [5, 5.41) is 14.3. The van der Waals surface area contributed by atoms with Crippen LogP contribution in [0.15, 0.2) is 47.6 Å². The van der Waals surface area contributed by atoms with Crippen molar-refractivity contribution in [1.82, 2.24) is 20.2 Å². The van der Waals surface area contributed by atoms with Crippen molar-refractivity contribution in [3.05, 3.63) is 53.8 Å². The number of carbonyl (C=O) groups is 1. The van der Waals surface area contributed by atoms with Crippen molar-refractivity contribution in [1.29, 1.82) is 0 Å². The summed E-state index contributed by atoms with van der Waals surface area (Å²) in [5.41, 5.74) is 1.59. The van der Waals surface area contributed by atoms with Gasteiger partial charge in [0.05, 0.1) is 12.4 Å². The second-order valence-electron chi connectivity index (χ2n) is 5.76. The molecule has 7 nitrogen and oxygen atoms in total. The first-order valence-electron chi connectivity index (χ1n) is 8.15. The van der Waals surface area contributed by atoms with Crippen molar-refractivity contribution in [3.63, 3.8) is 0 Å². The van der Waals surface area contributed by atoms with E-state index < -0.39 is 5.25 Å². The van der Waals surface area contributed by atoms with Gasteiger partial charge in [-0.2, -0.15) is 4.68 Å². The number of hydrogen-bond acceptors (Lipinski definition) is 6. The second-order valence-corrected chi connectivity index (χ2v) is 7.07. The van der Waals surface area contributed by atoms with Gasteiger partial charge in [-0.25, -0.2) is 4.39 Å². The largest absolute Gasteiger partial charge is 0.494 e. The lowest BCUT2D eigenvalue weighted by molar-refractivity contribution is -0.115. The highest BCUT2D eigenvalue weighted by molar-refractivity contribution is 8.00. The van der Waals surface area contributed by atoms with E-state index in [9.17, 15) is 9.18 Å². The van der Waals surface area contributed by atoms with Crippen LogP contribution >= 0.6 is 11.8 Å². The number of nitrogens with zero attached hydrogens (tertiary/aromatic N) is 4. The summed E-state index contributed by atoms with van der Waals surface area (Å²) in [6.45, 7) is 3.39. The van der Waals surface area contributed by atoms with E-state index in [1.807, 2.05) is 18.2 Å². The molecular weight excluding hydrogens is 369 g/mol. The number of aromatic nitrogens is 4. The molecule has 0 aliphatic rings. The fourth-order valence-corrected chi connectivity index (χ4v) is 3.14. The Morgan fingerprint density at radius 1 is 1.30 bits per heavy atom. The van der Waals surface area contributed by atoms with Gasteiger partial charge in [-0.3, -0.25) is 4.79 Å². The molecule has 1 heterocycles. The van der Waals surface area contributed by atoms with E-state index in [0.29, 0.717) is 27.8 Å². The summed E-state index contributed by atoms with van der Waals surface area (Å²) >= 11 is 1.19. The molecule has 2 aromatic carbocycles. The van der Waals surface area contributed by atoms with Gasteiger partial charge < -0.3 is 10.1 Å². The molecule has 0 saturated heterocycles.